The maximum absolute atomic E-state index is 12.7. The highest BCUT2D eigenvalue weighted by Crippen LogP contribution is 2.24. The molecule has 1 rings (SSSR count). The first kappa shape index (κ1) is 16.8. The summed E-state index contributed by atoms with van der Waals surface area (Å²) in [5.74, 6) is -1.01. The van der Waals surface area contributed by atoms with Gasteiger partial charge in [0.05, 0.1) is 5.56 Å². The van der Waals surface area contributed by atoms with Crippen LogP contribution in [0.15, 0.2) is 36.9 Å². The zero-order valence-electron chi connectivity index (χ0n) is 12.6. The van der Waals surface area contributed by atoms with E-state index in [9.17, 15) is 9.59 Å². The fourth-order valence-corrected chi connectivity index (χ4v) is 1.81. The van der Waals surface area contributed by atoms with Crippen LogP contribution in [0.4, 0.5) is 0 Å². The van der Waals surface area contributed by atoms with E-state index in [4.69, 9.17) is 9.84 Å². The van der Waals surface area contributed by atoms with Gasteiger partial charge in [0.25, 0.3) is 5.91 Å². The van der Waals surface area contributed by atoms with Crippen molar-refractivity contribution in [2.75, 3.05) is 13.2 Å². The molecule has 0 radical (unpaired) electrons. The second-order valence-electron chi connectivity index (χ2n) is 5.55. The lowest BCUT2D eigenvalue weighted by Crippen LogP contribution is -2.48. The molecule has 1 amide bonds. The fraction of sp³-hybridized carbons (Fsp3) is 0.375. The minimum Gasteiger partial charge on any atom is -0.489 e. The summed E-state index contributed by atoms with van der Waals surface area (Å²) in [6.45, 7) is 8.86. The third-order valence-corrected chi connectivity index (χ3v) is 2.82. The molecule has 1 aromatic rings. The van der Waals surface area contributed by atoms with Crippen LogP contribution in [0.1, 0.15) is 31.1 Å². The van der Waals surface area contributed by atoms with Gasteiger partial charge >= 0.3 is 5.97 Å². The molecule has 114 valence electrons. The smallest absolute Gasteiger partial charge is 0.323 e. The van der Waals surface area contributed by atoms with E-state index in [1.165, 1.54) is 4.90 Å². The molecule has 0 unspecified atom stereocenters. The van der Waals surface area contributed by atoms with Crippen molar-refractivity contribution >= 4 is 11.9 Å². The second kappa shape index (κ2) is 6.92. The number of carbonyl (C=O) groups excluding carboxylic acids is 1. The summed E-state index contributed by atoms with van der Waals surface area (Å²) in [6, 6.07) is 6.78. The molecule has 0 saturated heterocycles. The first-order valence-corrected chi connectivity index (χ1v) is 6.64. The van der Waals surface area contributed by atoms with Crippen molar-refractivity contribution in [2.45, 2.75) is 26.3 Å². The summed E-state index contributed by atoms with van der Waals surface area (Å²) in [7, 11) is 0. The number of carbonyl (C=O) groups is 2. The molecule has 0 saturated carbocycles. The highest BCUT2D eigenvalue weighted by Gasteiger charge is 2.30. The number of benzene rings is 1. The van der Waals surface area contributed by atoms with Gasteiger partial charge in [-0.25, -0.2) is 0 Å². The Morgan fingerprint density at radius 2 is 1.95 bits per heavy atom. The van der Waals surface area contributed by atoms with Gasteiger partial charge in [-0.05, 0) is 32.9 Å². The van der Waals surface area contributed by atoms with Crippen LogP contribution in [0.5, 0.6) is 5.75 Å². The van der Waals surface area contributed by atoms with Crippen LogP contribution < -0.4 is 4.74 Å². The van der Waals surface area contributed by atoms with Crippen LogP contribution in [-0.2, 0) is 4.79 Å². The summed E-state index contributed by atoms with van der Waals surface area (Å²) in [6.07, 6.45) is 1.58. The zero-order valence-corrected chi connectivity index (χ0v) is 12.6. The van der Waals surface area contributed by atoms with E-state index in [0.717, 1.165) is 0 Å². The Morgan fingerprint density at radius 1 is 1.33 bits per heavy atom. The van der Waals surface area contributed by atoms with Crippen LogP contribution in [0.25, 0.3) is 0 Å². The van der Waals surface area contributed by atoms with E-state index >= 15 is 0 Å². The topological polar surface area (TPSA) is 66.8 Å². The minimum absolute atomic E-state index is 0.277. The Hall–Kier alpha value is -2.30. The summed E-state index contributed by atoms with van der Waals surface area (Å²) >= 11 is 0. The number of amides is 1. The Balaban J connectivity index is 3.14. The van der Waals surface area contributed by atoms with E-state index in [2.05, 4.69) is 6.58 Å². The van der Waals surface area contributed by atoms with Crippen molar-refractivity contribution in [2.24, 2.45) is 0 Å². The second-order valence-corrected chi connectivity index (χ2v) is 5.55. The largest absolute Gasteiger partial charge is 0.489 e. The molecule has 5 nitrogen and oxygen atoms in total. The number of para-hydroxylation sites is 1. The molecular formula is C16H21NO4. The van der Waals surface area contributed by atoms with Crippen LogP contribution in [0, 0.1) is 0 Å². The Kier molecular flexibility index (Phi) is 5.52. The first-order valence-electron chi connectivity index (χ1n) is 6.64. The summed E-state index contributed by atoms with van der Waals surface area (Å²) in [4.78, 5) is 25.0. The quantitative estimate of drug-likeness (QED) is 0.818. The van der Waals surface area contributed by atoms with Crippen LogP contribution >= 0.6 is 0 Å². The van der Waals surface area contributed by atoms with Gasteiger partial charge in [0.15, 0.2) is 0 Å². The molecule has 0 aliphatic carbocycles. The molecule has 0 aliphatic heterocycles. The minimum atomic E-state index is -1.05. The first-order chi connectivity index (χ1) is 9.77. The van der Waals surface area contributed by atoms with Gasteiger partial charge in [0.2, 0.25) is 0 Å². The van der Waals surface area contributed by atoms with Crippen LogP contribution in [0.3, 0.4) is 0 Å². The predicted molar refractivity (Wildman–Crippen MR) is 80.6 cm³/mol. The Morgan fingerprint density at radius 3 is 2.48 bits per heavy atom. The number of rotatable bonds is 6. The number of nitrogens with zero attached hydrogens (tertiary/aromatic N) is 1. The SMILES string of the molecule is C=CCOc1ccccc1C(=O)N(CC(=O)O)C(C)(C)C. The van der Waals surface area contributed by atoms with Gasteiger partial charge in [0, 0.05) is 5.54 Å². The fourth-order valence-electron chi connectivity index (χ4n) is 1.81. The number of hydrogen-bond donors (Lipinski definition) is 1. The Labute approximate surface area is 124 Å². The maximum atomic E-state index is 12.7. The third kappa shape index (κ3) is 4.63. The van der Waals surface area contributed by atoms with Crippen molar-refractivity contribution < 1.29 is 19.4 Å². The van der Waals surface area contributed by atoms with Crippen LogP contribution in [0.2, 0.25) is 0 Å². The van der Waals surface area contributed by atoms with E-state index < -0.39 is 11.5 Å². The average molecular weight is 291 g/mol. The van der Waals surface area contributed by atoms with E-state index in [0.29, 0.717) is 11.3 Å². The van der Waals surface area contributed by atoms with Crippen molar-refractivity contribution in [3.8, 4) is 5.75 Å². The molecule has 1 aromatic carbocycles. The summed E-state index contributed by atoms with van der Waals surface area (Å²) in [5.41, 5.74) is -0.267. The standard InChI is InChI=1S/C16H21NO4/c1-5-10-21-13-9-7-6-8-12(13)15(20)17(11-14(18)19)16(2,3)4/h5-9H,1,10-11H2,2-4H3,(H,18,19). The van der Waals surface area contributed by atoms with Gasteiger partial charge < -0.3 is 14.7 Å². The molecule has 0 spiro atoms. The van der Waals surface area contributed by atoms with Crippen molar-refractivity contribution in [1.82, 2.24) is 4.90 Å². The molecule has 0 bridgehead atoms. The number of hydrogen-bond acceptors (Lipinski definition) is 3. The van der Waals surface area contributed by atoms with E-state index in [1.807, 2.05) is 0 Å². The van der Waals surface area contributed by atoms with Gasteiger partial charge in [-0.2, -0.15) is 0 Å². The van der Waals surface area contributed by atoms with Crippen molar-refractivity contribution in [3.63, 3.8) is 0 Å². The summed E-state index contributed by atoms with van der Waals surface area (Å²) < 4.78 is 5.46. The number of ether oxygens (including phenoxy) is 1. The van der Waals surface area contributed by atoms with Crippen molar-refractivity contribution in [3.05, 3.63) is 42.5 Å². The molecule has 5 heteroatoms. The van der Waals surface area contributed by atoms with Gasteiger partial charge in [0.1, 0.15) is 18.9 Å². The number of carboxylic acids is 1. The van der Waals surface area contributed by atoms with Gasteiger partial charge in [-0.3, -0.25) is 9.59 Å². The lowest BCUT2D eigenvalue weighted by Gasteiger charge is -2.34. The molecule has 0 atom stereocenters. The third-order valence-electron chi connectivity index (χ3n) is 2.82. The van der Waals surface area contributed by atoms with Gasteiger partial charge in [-0.1, -0.05) is 24.8 Å². The molecule has 1 N–H and O–H groups in total. The number of aliphatic carboxylic acids is 1. The molecule has 0 aromatic heterocycles. The lowest BCUT2D eigenvalue weighted by atomic mass is 10.0. The molecular weight excluding hydrogens is 270 g/mol. The van der Waals surface area contributed by atoms with Gasteiger partial charge in [-0.15, -0.1) is 0 Å². The van der Waals surface area contributed by atoms with Crippen molar-refractivity contribution in [1.29, 1.82) is 0 Å². The molecule has 0 heterocycles. The van der Waals surface area contributed by atoms with E-state index in [-0.39, 0.29) is 19.1 Å². The highest BCUT2D eigenvalue weighted by molar-refractivity contribution is 5.98. The average Bonchev–Trinajstić information content (AvgIpc) is 2.40. The zero-order chi connectivity index (χ0) is 16.0. The molecule has 21 heavy (non-hydrogen) atoms. The number of carboxylic acid groups (broad SMARTS) is 1. The Bertz CT molecular complexity index is 531. The lowest BCUT2D eigenvalue weighted by molar-refractivity contribution is -0.138. The monoisotopic (exact) mass is 291 g/mol. The van der Waals surface area contributed by atoms with E-state index in [1.54, 1.807) is 51.1 Å². The maximum Gasteiger partial charge on any atom is 0.323 e. The highest BCUT2D eigenvalue weighted by atomic mass is 16.5. The normalized spacial score (nSPS) is 10.8. The predicted octanol–water partition coefficient (Wildman–Crippen LogP) is 2.58. The van der Waals surface area contributed by atoms with Crippen LogP contribution in [-0.4, -0.2) is 40.6 Å². The molecule has 0 aliphatic rings. The summed E-state index contributed by atoms with van der Waals surface area (Å²) in [5, 5.41) is 9.02. The molecule has 0 fully saturated rings.